The van der Waals surface area contributed by atoms with Gasteiger partial charge in [0.2, 0.25) is 0 Å². The molecule has 1 amide bonds. The highest BCUT2D eigenvalue weighted by Crippen LogP contribution is 2.54. The van der Waals surface area contributed by atoms with Crippen LogP contribution in [0.25, 0.3) is 0 Å². The topological polar surface area (TPSA) is 156 Å². The van der Waals surface area contributed by atoms with Gasteiger partial charge in [-0.25, -0.2) is 0 Å². The molecule has 1 aromatic carbocycles. The first-order chi connectivity index (χ1) is 15.9. The first kappa shape index (κ1) is 24.1. The molecule has 3 aliphatic carbocycles. The number of nitrogens with zero attached hydrogens (tertiary/aromatic N) is 1. The first-order valence-corrected chi connectivity index (χ1v) is 11.6. The number of ketones is 1. The van der Waals surface area contributed by atoms with Crippen molar-refractivity contribution in [1.29, 1.82) is 0 Å². The predicted octanol–water partition coefficient (Wildman–Crippen LogP) is 1.82. The predicted molar refractivity (Wildman–Crippen MR) is 127 cm³/mol. The fourth-order valence-corrected chi connectivity index (χ4v) is 6.20. The van der Waals surface area contributed by atoms with Gasteiger partial charge in [-0.1, -0.05) is 6.92 Å². The average Bonchev–Trinajstić information content (AvgIpc) is 2.71. The minimum atomic E-state index is -1.94. The molecule has 0 spiro atoms. The molecule has 7 N–H and O–H groups in total. The van der Waals surface area contributed by atoms with Gasteiger partial charge in [-0.2, -0.15) is 0 Å². The number of aliphatic hydroxyl groups is 3. The fraction of sp³-hybridized carbons (Fsp3) is 0.520. The highest BCUT2D eigenvalue weighted by Gasteiger charge is 2.55. The van der Waals surface area contributed by atoms with E-state index >= 15 is 0 Å². The third-order valence-corrected chi connectivity index (χ3v) is 7.57. The summed E-state index contributed by atoms with van der Waals surface area (Å²) in [7, 11) is 3.75. The number of hydrogen-bond acceptors (Lipinski definition) is 8. The van der Waals surface area contributed by atoms with Gasteiger partial charge in [-0.05, 0) is 49.8 Å². The number of benzene rings is 1. The summed E-state index contributed by atoms with van der Waals surface area (Å²) in [5.74, 6) is -3.84. The molecule has 0 fully saturated rings. The van der Waals surface area contributed by atoms with Gasteiger partial charge in [-0.3, -0.25) is 9.59 Å². The lowest BCUT2D eigenvalue weighted by Crippen LogP contribution is -2.52. The summed E-state index contributed by atoms with van der Waals surface area (Å²) in [6, 6.07) is 1.88. The number of nitrogens with two attached hydrogens (primary N) is 1. The van der Waals surface area contributed by atoms with Gasteiger partial charge in [0, 0.05) is 43.9 Å². The zero-order chi connectivity index (χ0) is 25.1. The second-order valence-electron chi connectivity index (χ2n) is 9.97. The van der Waals surface area contributed by atoms with Crippen LogP contribution in [0.15, 0.2) is 28.7 Å². The maximum Gasteiger partial charge on any atom is 0.250 e. The normalized spacial score (nSPS) is 28.4. The smallest absolute Gasteiger partial charge is 0.250 e. The number of carbonyl (C=O) groups excluding carboxylic acids is 2. The molecule has 4 rings (SSSR count). The van der Waals surface area contributed by atoms with E-state index in [1.165, 1.54) is 6.92 Å². The molecule has 0 heterocycles. The lowest BCUT2D eigenvalue weighted by Gasteiger charge is -2.48. The molecule has 0 aliphatic heterocycles. The summed E-state index contributed by atoms with van der Waals surface area (Å²) >= 11 is 0. The highest BCUT2D eigenvalue weighted by atomic mass is 16.3. The number of fused-ring (bicyclic) bond motifs is 3. The van der Waals surface area contributed by atoms with Crippen molar-refractivity contribution in [1.82, 2.24) is 5.32 Å². The summed E-state index contributed by atoms with van der Waals surface area (Å²) in [5, 5.41) is 47.3. The van der Waals surface area contributed by atoms with E-state index < -0.39 is 23.2 Å². The van der Waals surface area contributed by atoms with Gasteiger partial charge in [0.1, 0.15) is 22.9 Å². The number of Topliss-reactive ketones (excluding diaryl/α,β-unsaturated/α-hetero) is 1. The van der Waals surface area contributed by atoms with Crippen LogP contribution >= 0.6 is 0 Å². The molecule has 4 unspecified atom stereocenters. The van der Waals surface area contributed by atoms with Crippen LogP contribution in [0.4, 0.5) is 5.69 Å². The highest BCUT2D eigenvalue weighted by molar-refractivity contribution is 6.14. The third kappa shape index (κ3) is 3.45. The molecule has 0 aromatic heterocycles. The number of amides is 1. The van der Waals surface area contributed by atoms with Gasteiger partial charge < -0.3 is 36.4 Å². The second-order valence-corrected chi connectivity index (χ2v) is 9.97. The molecule has 0 radical (unpaired) electrons. The monoisotopic (exact) mass is 471 g/mol. The van der Waals surface area contributed by atoms with Crippen molar-refractivity contribution in [3.8, 4) is 5.75 Å². The van der Waals surface area contributed by atoms with E-state index in [-0.39, 0.29) is 52.2 Å². The number of anilines is 1. The minimum Gasteiger partial charge on any atom is -0.512 e. The molecular formula is C25H33N3O6. The third-order valence-electron chi connectivity index (χ3n) is 7.57. The number of hydrogen-bond donors (Lipinski definition) is 6. The molecule has 9 heteroatoms. The van der Waals surface area contributed by atoms with Crippen molar-refractivity contribution in [2.45, 2.75) is 45.3 Å². The Hall–Kier alpha value is -3.04. The lowest BCUT2D eigenvalue weighted by molar-refractivity contribution is -0.119. The van der Waals surface area contributed by atoms with Crippen LogP contribution in [0.5, 0.6) is 5.75 Å². The number of nitrogens with one attached hydrogen (secondary N) is 1. The summed E-state index contributed by atoms with van der Waals surface area (Å²) in [5.41, 5.74) is 5.58. The van der Waals surface area contributed by atoms with Crippen molar-refractivity contribution in [2.24, 2.45) is 23.5 Å². The Morgan fingerprint density at radius 3 is 2.53 bits per heavy atom. The van der Waals surface area contributed by atoms with E-state index in [9.17, 15) is 30.0 Å². The maximum absolute atomic E-state index is 13.8. The van der Waals surface area contributed by atoms with Gasteiger partial charge in [0.05, 0.1) is 17.1 Å². The van der Waals surface area contributed by atoms with E-state index in [2.05, 4.69) is 5.32 Å². The summed E-state index contributed by atoms with van der Waals surface area (Å²) in [6.07, 6.45) is 0.914. The standard InChI is InChI=1S/C25H33N3O6/c1-5-27-10-13-8-15(28(3)4)14-7-11-6-12-9-16(29)20(24(26)33)25(2,34)19(12)23(32)17(11)22(31)18(14)21(13)30/h8,11-12,19,27,29-30,32,34H,5-7,9-10H2,1-4H3,(H2,26,33). The van der Waals surface area contributed by atoms with Crippen LogP contribution in [-0.4, -0.2) is 58.4 Å². The Bertz CT molecular complexity index is 1130. The Morgan fingerprint density at radius 2 is 1.94 bits per heavy atom. The Kier molecular flexibility index (Phi) is 5.90. The van der Waals surface area contributed by atoms with Crippen molar-refractivity contribution >= 4 is 17.4 Å². The number of rotatable bonds is 5. The Morgan fingerprint density at radius 1 is 1.26 bits per heavy atom. The minimum absolute atomic E-state index is 0.0708. The van der Waals surface area contributed by atoms with Crippen LogP contribution in [-0.2, 0) is 17.8 Å². The molecular weight excluding hydrogens is 438 g/mol. The van der Waals surface area contributed by atoms with Gasteiger partial charge in [0.15, 0.2) is 5.78 Å². The number of phenols is 1. The lowest BCUT2D eigenvalue weighted by atomic mass is 9.58. The zero-order valence-electron chi connectivity index (χ0n) is 20.0. The largest absolute Gasteiger partial charge is 0.512 e. The number of aliphatic hydroxyl groups excluding tert-OH is 2. The molecule has 4 atom stereocenters. The molecule has 1 aromatic rings. The molecule has 9 nitrogen and oxygen atoms in total. The van der Waals surface area contributed by atoms with Crippen molar-refractivity contribution in [2.75, 3.05) is 25.5 Å². The number of primary amides is 1. The van der Waals surface area contributed by atoms with E-state index in [0.717, 1.165) is 5.69 Å². The van der Waals surface area contributed by atoms with Crippen LogP contribution in [0.1, 0.15) is 48.2 Å². The SMILES string of the molecule is CCNCc1cc(N(C)C)c2c(c1O)C(=O)C1=C(O)C3C(CC(O)=C(C(N)=O)C3(C)O)CC1C2. The van der Waals surface area contributed by atoms with Crippen molar-refractivity contribution in [3.63, 3.8) is 0 Å². The second kappa shape index (κ2) is 8.32. The quantitative estimate of drug-likeness (QED) is 0.380. The number of aromatic hydroxyl groups is 1. The molecule has 0 saturated heterocycles. The summed E-state index contributed by atoms with van der Waals surface area (Å²) < 4.78 is 0. The fourth-order valence-electron chi connectivity index (χ4n) is 6.20. The van der Waals surface area contributed by atoms with E-state index in [0.29, 0.717) is 37.1 Å². The zero-order valence-corrected chi connectivity index (χ0v) is 20.0. The molecule has 34 heavy (non-hydrogen) atoms. The summed E-state index contributed by atoms with van der Waals surface area (Å²) in [6.45, 7) is 4.34. The number of carbonyl (C=O) groups is 2. The van der Waals surface area contributed by atoms with E-state index in [1.54, 1.807) is 0 Å². The van der Waals surface area contributed by atoms with E-state index in [1.807, 2.05) is 32.0 Å². The molecule has 3 aliphatic rings. The number of phenolic OH excluding ortho intramolecular Hbond substituents is 1. The van der Waals surface area contributed by atoms with Gasteiger partial charge in [-0.15, -0.1) is 0 Å². The van der Waals surface area contributed by atoms with Crippen LogP contribution < -0.4 is 16.0 Å². The Labute approximate surface area is 198 Å². The average molecular weight is 472 g/mol. The molecule has 0 saturated carbocycles. The van der Waals surface area contributed by atoms with Crippen molar-refractivity contribution < 1.29 is 30.0 Å². The maximum atomic E-state index is 13.8. The summed E-state index contributed by atoms with van der Waals surface area (Å²) in [4.78, 5) is 27.7. The van der Waals surface area contributed by atoms with Crippen LogP contribution in [0, 0.1) is 17.8 Å². The van der Waals surface area contributed by atoms with Gasteiger partial charge in [0.25, 0.3) is 5.91 Å². The van der Waals surface area contributed by atoms with E-state index in [4.69, 9.17) is 5.73 Å². The number of allylic oxidation sites excluding steroid dienone is 2. The Balaban J connectivity index is 1.89. The van der Waals surface area contributed by atoms with Crippen molar-refractivity contribution in [3.05, 3.63) is 45.4 Å². The first-order valence-electron chi connectivity index (χ1n) is 11.6. The molecule has 0 bridgehead atoms. The van der Waals surface area contributed by atoms with Crippen LogP contribution in [0.2, 0.25) is 0 Å². The van der Waals surface area contributed by atoms with Crippen LogP contribution in [0.3, 0.4) is 0 Å². The van der Waals surface area contributed by atoms with Gasteiger partial charge >= 0.3 is 0 Å². The molecule has 184 valence electrons.